The predicted molar refractivity (Wildman–Crippen MR) is 148 cm³/mol. The van der Waals surface area contributed by atoms with E-state index in [1.54, 1.807) is 24.3 Å². The predicted octanol–water partition coefficient (Wildman–Crippen LogP) is 4.79. The fraction of sp³-hybridized carbons (Fsp3) is 0.552. The number of alkyl halides is 3. The molecule has 2 aromatic carbocycles. The van der Waals surface area contributed by atoms with E-state index in [0.29, 0.717) is 37.4 Å². The summed E-state index contributed by atoms with van der Waals surface area (Å²) < 4.78 is 88.3. The molecule has 0 bridgehead atoms. The van der Waals surface area contributed by atoms with Gasteiger partial charge in [-0.05, 0) is 74.2 Å². The smallest absolute Gasteiger partial charge is 0.416 e. The number of benzene rings is 2. The quantitative estimate of drug-likeness (QED) is 0.395. The highest BCUT2D eigenvalue weighted by Gasteiger charge is 2.55. The third-order valence-corrected chi connectivity index (χ3v) is 10.5. The standard InChI is InChI=1S/C29H35F3N2O8S/c30-29(31,32)21-4-6-22(7-5-21)40-23-8-10-24(11-9-23)41-25-12-16-34(17-13-25)43(36,37)28(14-19-38-20-15-28)27(35)33-42-26-3-1-2-18-39-26/h4-11,25-26H,1-3,12-20H2,(H,33,35). The minimum Gasteiger partial charge on any atom is -0.490 e. The van der Waals surface area contributed by atoms with Crippen molar-refractivity contribution in [3.8, 4) is 17.2 Å². The van der Waals surface area contributed by atoms with Gasteiger partial charge >= 0.3 is 6.18 Å². The molecule has 1 amide bonds. The van der Waals surface area contributed by atoms with Gasteiger partial charge in [-0.3, -0.25) is 4.79 Å². The molecule has 1 atom stereocenters. The van der Waals surface area contributed by atoms with Gasteiger partial charge in [0.25, 0.3) is 5.91 Å². The molecule has 0 aliphatic carbocycles. The monoisotopic (exact) mass is 628 g/mol. The van der Waals surface area contributed by atoms with E-state index in [2.05, 4.69) is 5.48 Å². The maximum Gasteiger partial charge on any atom is 0.416 e. The van der Waals surface area contributed by atoms with Crippen molar-refractivity contribution >= 4 is 15.9 Å². The summed E-state index contributed by atoms with van der Waals surface area (Å²) in [5.41, 5.74) is 1.62. The Hall–Kier alpha value is -2.91. The maximum absolute atomic E-state index is 13.9. The molecule has 3 aliphatic rings. The zero-order valence-corrected chi connectivity index (χ0v) is 24.3. The number of halogens is 3. The maximum atomic E-state index is 13.9. The zero-order chi connectivity index (χ0) is 30.5. The molecule has 0 saturated carbocycles. The number of amides is 1. The molecule has 0 radical (unpaired) electrons. The summed E-state index contributed by atoms with van der Waals surface area (Å²) in [6.45, 7) is 1.18. The number of piperidine rings is 1. The number of hydrogen-bond acceptors (Lipinski definition) is 8. The van der Waals surface area contributed by atoms with Crippen molar-refractivity contribution in [1.82, 2.24) is 9.79 Å². The van der Waals surface area contributed by atoms with Crippen molar-refractivity contribution in [2.75, 3.05) is 32.9 Å². The van der Waals surface area contributed by atoms with E-state index >= 15 is 0 Å². The first-order valence-corrected chi connectivity index (χ1v) is 15.8. The summed E-state index contributed by atoms with van der Waals surface area (Å²) in [5.74, 6) is 0.526. The van der Waals surface area contributed by atoms with Gasteiger partial charge in [-0.15, -0.1) is 0 Å². The Labute approximate surface area is 248 Å². The molecular weight excluding hydrogens is 593 g/mol. The minimum atomic E-state index is -4.42. The van der Waals surface area contributed by atoms with Crippen molar-refractivity contribution in [1.29, 1.82) is 0 Å². The van der Waals surface area contributed by atoms with Gasteiger partial charge in [0.1, 0.15) is 23.4 Å². The number of carbonyl (C=O) groups excluding carboxylic acids is 1. The van der Waals surface area contributed by atoms with E-state index in [9.17, 15) is 26.4 Å². The number of carbonyl (C=O) groups is 1. The molecule has 5 rings (SSSR count). The van der Waals surface area contributed by atoms with Gasteiger partial charge in [-0.1, -0.05) is 0 Å². The summed E-state index contributed by atoms with van der Waals surface area (Å²) in [6, 6.07) is 11.1. The summed E-state index contributed by atoms with van der Waals surface area (Å²) >= 11 is 0. The van der Waals surface area contributed by atoms with Crippen LogP contribution in [-0.4, -0.2) is 68.7 Å². The fourth-order valence-corrected chi connectivity index (χ4v) is 7.53. The van der Waals surface area contributed by atoms with Crippen molar-refractivity contribution in [3.63, 3.8) is 0 Å². The second-order valence-corrected chi connectivity index (χ2v) is 13.0. The largest absolute Gasteiger partial charge is 0.490 e. The van der Waals surface area contributed by atoms with E-state index in [-0.39, 0.29) is 51.0 Å². The first-order chi connectivity index (χ1) is 20.6. The van der Waals surface area contributed by atoms with Crippen LogP contribution in [0.5, 0.6) is 17.2 Å². The van der Waals surface area contributed by atoms with E-state index in [0.717, 1.165) is 25.0 Å². The molecule has 236 valence electrons. The number of nitrogens with one attached hydrogen (secondary N) is 1. The Balaban J connectivity index is 1.15. The number of hydrogen-bond donors (Lipinski definition) is 1. The molecule has 2 aromatic rings. The van der Waals surface area contributed by atoms with Crippen LogP contribution >= 0.6 is 0 Å². The van der Waals surface area contributed by atoms with Crippen LogP contribution in [0.25, 0.3) is 0 Å². The van der Waals surface area contributed by atoms with Crippen LogP contribution in [0.2, 0.25) is 0 Å². The van der Waals surface area contributed by atoms with Crippen LogP contribution in [0.15, 0.2) is 48.5 Å². The normalized spacial score (nSPS) is 22.1. The van der Waals surface area contributed by atoms with Crippen LogP contribution in [0.4, 0.5) is 13.2 Å². The van der Waals surface area contributed by atoms with Crippen LogP contribution in [0.3, 0.4) is 0 Å². The van der Waals surface area contributed by atoms with Crippen molar-refractivity contribution in [3.05, 3.63) is 54.1 Å². The third-order valence-electron chi connectivity index (χ3n) is 7.91. The molecule has 3 saturated heterocycles. The first kappa shape index (κ1) is 31.5. The summed E-state index contributed by atoms with van der Waals surface area (Å²) in [7, 11) is -4.06. The lowest BCUT2D eigenvalue weighted by Gasteiger charge is -2.41. The molecule has 43 heavy (non-hydrogen) atoms. The second kappa shape index (κ2) is 13.4. The lowest BCUT2D eigenvalue weighted by atomic mass is 9.98. The highest BCUT2D eigenvalue weighted by Crippen LogP contribution is 2.36. The molecule has 0 spiro atoms. The molecule has 3 fully saturated rings. The summed E-state index contributed by atoms with van der Waals surface area (Å²) in [6.07, 6.45) is -1.96. The molecule has 0 aromatic heterocycles. The second-order valence-electron chi connectivity index (χ2n) is 10.8. The molecule has 1 N–H and O–H groups in total. The molecular formula is C29H35F3N2O8S. The zero-order valence-electron chi connectivity index (χ0n) is 23.5. The van der Waals surface area contributed by atoms with Crippen LogP contribution in [0, 0.1) is 0 Å². The highest BCUT2D eigenvalue weighted by atomic mass is 32.2. The van der Waals surface area contributed by atoms with Gasteiger partial charge < -0.3 is 18.9 Å². The van der Waals surface area contributed by atoms with Crippen molar-refractivity contribution in [2.24, 2.45) is 0 Å². The van der Waals surface area contributed by atoms with Crippen LogP contribution < -0.4 is 15.0 Å². The average molecular weight is 629 g/mol. The average Bonchev–Trinajstić information content (AvgIpc) is 3.02. The van der Waals surface area contributed by atoms with Crippen molar-refractivity contribution in [2.45, 2.75) is 68.3 Å². The molecule has 14 heteroatoms. The first-order valence-electron chi connectivity index (χ1n) is 14.3. The molecule has 1 unspecified atom stereocenters. The molecule has 3 aliphatic heterocycles. The van der Waals surface area contributed by atoms with Gasteiger partial charge in [0.05, 0.1) is 5.56 Å². The Kier molecular flexibility index (Phi) is 9.81. The van der Waals surface area contributed by atoms with Gasteiger partial charge in [0.2, 0.25) is 10.0 Å². The minimum absolute atomic E-state index is 0.0212. The Morgan fingerprint density at radius 3 is 2.07 bits per heavy atom. The number of nitrogens with zero attached hydrogens (tertiary/aromatic N) is 1. The van der Waals surface area contributed by atoms with Gasteiger partial charge in [-0.25, -0.2) is 23.0 Å². The van der Waals surface area contributed by atoms with Crippen molar-refractivity contribution < 1.29 is 50.2 Å². The fourth-order valence-electron chi connectivity index (χ4n) is 5.38. The number of rotatable bonds is 9. The SMILES string of the molecule is O=C(NOC1CCCCO1)C1(S(=O)(=O)N2CCC(Oc3ccc(Oc4ccc(C(F)(F)F)cc4)cc3)CC2)CCOCC1. The summed E-state index contributed by atoms with van der Waals surface area (Å²) in [5, 5.41) is 0. The number of ether oxygens (including phenoxy) is 4. The van der Waals surface area contributed by atoms with Gasteiger partial charge in [-0.2, -0.15) is 13.2 Å². The van der Waals surface area contributed by atoms with E-state index < -0.39 is 38.7 Å². The van der Waals surface area contributed by atoms with Crippen LogP contribution in [0.1, 0.15) is 50.5 Å². The van der Waals surface area contributed by atoms with E-state index in [1.165, 1.54) is 16.4 Å². The highest BCUT2D eigenvalue weighted by molar-refractivity contribution is 7.91. The lowest BCUT2D eigenvalue weighted by molar-refractivity contribution is -0.202. The van der Waals surface area contributed by atoms with E-state index in [4.69, 9.17) is 23.8 Å². The lowest BCUT2D eigenvalue weighted by Crippen LogP contribution is -2.61. The third kappa shape index (κ3) is 7.43. The topological polar surface area (TPSA) is 113 Å². The molecule has 10 nitrogen and oxygen atoms in total. The Morgan fingerprint density at radius 2 is 1.49 bits per heavy atom. The molecule has 3 heterocycles. The Bertz CT molecular complexity index is 1320. The Morgan fingerprint density at radius 1 is 0.884 bits per heavy atom. The van der Waals surface area contributed by atoms with Gasteiger partial charge in [0, 0.05) is 52.2 Å². The number of hydroxylamine groups is 1. The number of sulfonamides is 1. The summed E-state index contributed by atoms with van der Waals surface area (Å²) in [4.78, 5) is 18.8. The van der Waals surface area contributed by atoms with Crippen LogP contribution in [-0.2, 0) is 35.3 Å². The van der Waals surface area contributed by atoms with E-state index in [1.807, 2.05) is 0 Å². The van der Waals surface area contributed by atoms with Gasteiger partial charge in [0.15, 0.2) is 11.0 Å².